The highest BCUT2D eigenvalue weighted by atomic mass is 127. The van der Waals surface area contributed by atoms with Crippen molar-refractivity contribution in [1.29, 1.82) is 3.56 Å². The zero-order chi connectivity index (χ0) is 23.9. The van der Waals surface area contributed by atoms with Crippen molar-refractivity contribution >= 4 is 26.9 Å². The number of ether oxygens (including phenoxy) is 1. The first-order chi connectivity index (χ1) is 16.6. The van der Waals surface area contributed by atoms with Gasteiger partial charge in [0, 0.05) is 47.0 Å². The van der Waals surface area contributed by atoms with Crippen molar-refractivity contribution in [1.82, 2.24) is 19.9 Å². The molecule has 7 nitrogen and oxygen atoms in total. The number of nitrogens with one attached hydrogen (secondary N) is 1. The number of halogens is 2. The fourth-order valence-corrected chi connectivity index (χ4v) is 5.35. The Morgan fingerprint density at radius 3 is 2.79 bits per heavy atom. The van der Waals surface area contributed by atoms with Gasteiger partial charge in [0.05, 0.1) is 18.4 Å². The second-order valence-corrected chi connectivity index (χ2v) is 10.2. The minimum absolute atomic E-state index is 0.0307. The Labute approximate surface area is 208 Å². The van der Waals surface area contributed by atoms with Crippen LogP contribution < -0.4 is 4.74 Å². The van der Waals surface area contributed by atoms with E-state index in [4.69, 9.17) is 8.30 Å². The van der Waals surface area contributed by atoms with Gasteiger partial charge in [-0.05, 0) is 65.4 Å². The van der Waals surface area contributed by atoms with Crippen molar-refractivity contribution < 1.29 is 13.9 Å². The maximum atomic E-state index is 13.9. The Balaban J connectivity index is 1.60. The Bertz CT molecular complexity index is 1130. The fourth-order valence-electron chi connectivity index (χ4n) is 4.40. The molecule has 0 bridgehead atoms. The summed E-state index contributed by atoms with van der Waals surface area (Å²) >= 11 is -0.643. The predicted molar refractivity (Wildman–Crippen MR) is 136 cm³/mol. The summed E-state index contributed by atoms with van der Waals surface area (Å²) in [5.41, 5.74) is 2.31. The monoisotopic (exact) mass is 575 g/mol. The second kappa shape index (κ2) is 11.5. The molecule has 1 aliphatic rings. The van der Waals surface area contributed by atoms with Crippen LogP contribution >= 0.6 is 21.0 Å². The molecule has 1 fully saturated rings. The molecule has 2 aromatic heterocycles. The fraction of sp³-hybridized carbons (Fsp3) is 0.360. The van der Waals surface area contributed by atoms with E-state index in [2.05, 4.69) is 15.0 Å². The number of amides is 1. The molecule has 4 rings (SSSR count). The van der Waals surface area contributed by atoms with Crippen molar-refractivity contribution in [3.8, 4) is 17.3 Å². The van der Waals surface area contributed by atoms with Crippen LogP contribution in [0.5, 0.6) is 5.88 Å². The zero-order valence-electron chi connectivity index (χ0n) is 19.0. The summed E-state index contributed by atoms with van der Waals surface area (Å²) in [6, 6.07) is 10.3. The topological polar surface area (TPSA) is 92.1 Å². The lowest BCUT2D eigenvalue weighted by atomic mass is 9.87. The molecule has 1 unspecified atom stereocenters. The van der Waals surface area contributed by atoms with Gasteiger partial charge in [-0.15, -0.1) is 0 Å². The molecule has 178 valence electrons. The van der Waals surface area contributed by atoms with Crippen LogP contribution in [0, 0.1) is 22.2 Å². The summed E-state index contributed by atoms with van der Waals surface area (Å²) in [5.74, 6) is 0.568. The average molecular weight is 575 g/mol. The van der Waals surface area contributed by atoms with Gasteiger partial charge in [0.2, 0.25) is 5.88 Å². The van der Waals surface area contributed by atoms with Gasteiger partial charge in [-0.3, -0.25) is 8.36 Å². The largest absolute Gasteiger partial charge is 0.477 e. The third-order valence-corrected chi connectivity index (χ3v) is 7.20. The third kappa shape index (κ3) is 5.81. The van der Waals surface area contributed by atoms with Gasteiger partial charge in [0.25, 0.3) is 5.91 Å². The number of hydrogen-bond acceptors (Lipinski definition) is 6. The lowest BCUT2D eigenvalue weighted by Gasteiger charge is -2.41. The highest BCUT2D eigenvalue weighted by Gasteiger charge is 2.35. The Hall–Kier alpha value is -2.82. The highest BCUT2D eigenvalue weighted by molar-refractivity contribution is 14.1. The lowest BCUT2D eigenvalue weighted by Crippen LogP contribution is -2.50. The van der Waals surface area contributed by atoms with E-state index in [1.807, 2.05) is 30.0 Å². The average Bonchev–Trinajstić information content (AvgIpc) is 2.87. The molecule has 9 heteroatoms. The molecule has 1 N–H and O–H groups in total. The van der Waals surface area contributed by atoms with E-state index in [0.29, 0.717) is 30.4 Å². The van der Waals surface area contributed by atoms with E-state index in [1.165, 1.54) is 12.1 Å². The quantitative estimate of drug-likeness (QED) is 0.287. The number of benzene rings is 1. The maximum absolute atomic E-state index is 13.9. The predicted octanol–water partition coefficient (Wildman–Crippen LogP) is 5.41. The van der Waals surface area contributed by atoms with Crippen molar-refractivity contribution in [2.75, 3.05) is 17.6 Å². The summed E-state index contributed by atoms with van der Waals surface area (Å²) in [6.07, 6.45) is 7.06. The Morgan fingerprint density at radius 1 is 1.24 bits per heavy atom. The summed E-state index contributed by atoms with van der Waals surface area (Å²) in [7, 11) is 0. The van der Waals surface area contributed by atoms with Gasteiger partial charge in [-0.25, -0.2) is 19.3 Å². The number of aryl methyl sites for hydroxylation is 1. The molecule has 1 aliphatic heterocycles. The van der Waals surface area contributed by atoms with Gasteiger partial charge in [-0.1, -0.05) is 17.7 Å². The van der Waals surface area contributed by atoms with Crippen LogP contribution in [0.4, 0.5) is 4.39 Å². The minimum atomic E-state index is -0.643. The summed E-state index contributed by atoms with van der Waals surface area (Å²) in [4.78, 5) is 28.6. The van der Waals surface area contributed by atoms with Crippen LogP contribution in [0.25, 0.3) is 11.4 Å². The number of nitrogens with zero attached hydrogens (tertiary/aromatic N) is 4. The zero-order valence-corrected chi connectivity index (χ0v) is 21.1. The first-order valence-corrected chi connectivity index (χ1v) is 13.9. The number of rotatable bonds is 8. The van der Waals surface area contributed by atoms with Crippen LogP contribution in [0.1, 0.15) is 35.2 Å². The van der Waals surface area contributed by atoms with E-state index in [-0.39, 0.29) is 17.9 Å². The second-order valence-electron chi connectivity index (χ2n) is 8.33. The Kier molecular flexibility index (Phi) is 8.25. The molecule has 3 aromatic rings. The number of alkyl halides is 1. The molecule has 0 aliphatic carbocycles. The molecule has 0 saturated carbocycles. The molecule has 0 radical (unpaired) electrons. The van der Waals surface area contributed by atoms with Crippen molar-refractivity contribution in [2.45, 2.75) is 32.2 Å². The van der Waals surface area contributed by atoms with Gasteiger partial charge < -0.3 is 9.64 Å². The summed E-state index contributed by atoms with van der Waals surface area (Å²) < 4.78 is 27.6. The maximum Gasteiger partial charge on any atom is 0.254 e. The van der Waals surface area contributed by atoms with Gasteiger partial charge in [-0.2, -0.15) is 0 Å². The molecule has 1 saturated heterocycles. The molecule has 0 spiro atoms. The van der Waals surface area contributed by atoms with Crippen LogP contribution in [-0.2, 0) is 0 Å². The van der Waals surface area contributed by atoms with E-state index >= 15 is 0 Å². The number of piperidine rings is 1. The number of aromatic nitrogens is 3. The van der Waals surface area contributed by atoms with Crippen LogP contribution in [0.2, 0.25) is 0 Å². The minimum Gasteiger partial charge on any atom is -0.477 e. The molecule has 2 atom stereocenters. The SMILES string of the molecule is Cc1ccc(-c2ncccn2)c(C(=O)N2CCC[C@H](COc3ccc(F)cn3)C2CCI=N)c1. The van der Waals surface area contributed by atoms with Crippen LogP contribution in [-0.4, -0.2) is 49.4 Å². The third-order valence-electron chi connectivity index (χ3n) is 6.04. The molecule has 3 heterocycles. The van der Waals surface area contributed by atoms with Crippen molar-refractivity contribution in [2.24, 2.45) is 5.92 Å². The van der Waals surface area contributed by atoms with Crippen LogP contribution in [0.3, 0.4) is 0 Å². The van der Waals surface area contributed by atoms with Gasteiger partial charge >= 0.3 is 0 Å². The number of likely N-dealkylation sites (tertiary alicyclic amines) is 1. The van der Waals surface area contributed by atoms with Crippen LogP contribution in [0.15, 0.2) is 55.0 Å². The first-order valence-electron chi connectivity index (χ1n) is 11.2. The number of carbonyl (C=O) groups excluding carboxylic acids is 1. The van der Waals surface area contributed by atoms with E-state index < -0.39 is 26.9 Å². The van der Waals surface area contributed by atoms with Crippen molar-refractivity contribution in [3.05, 3.63) is 71.9 Å². The summed E-state index contributed by atoms with van der Waals surface area (Å²) in [5, 5.41) is 0. The molecular weight excluding hydrogens is 548 g/mol. The van der Waals surface area contributed by atoms with E-state index in [1.54, 1.807) is 18.5 Å². The normalized spacial score (nSPS) is 18.0. The number of pyridine rings is 1. The van der Waals surface area contributed by atoms with E-state index in [0.717, 1.165) is 41.0 Å². The first kappa shape index (κ1) is 24.3. The molecule has 34 heavy (non-hydrogen) atoms. The van der Waals surface area contributed by atoms with Gasteiger partial charge in [0.1, 0.15) is 5.82 Å². The van der Waals surface area contributed by atoms with Crippen molar-refractivity contribution in [3.63, 3.8) is 0 Å². The molecule has 1 amide bonds. The van der Waals surface area contributed by atoms with E-state index in [9.17, 15) is 9.18 Å². The molecule has 1 aromatic carbocycles. The molecular formula is C25H27FIN5O2. The van der Waals surface area contributed by atoms with Gasteiger partial charge in [0.15, 0.2) is 5.82 Å². The lowest BCUT2D eigenvalue weighted by molar-refractivity contribution is 0.0397. The Morgan fingerprint density at radius 2 is 2.06 bits per heavy atom. The number of hydrogen-bond donors (Lipinski definition) is 1. The standard InChI is InChI=1S/C25H27FIN5O2/c1-17-5-7-20(24-29-11-3-12-30-24)21(14-17)25(33)32-13-2-4-18(22(32)9-10-27-28)16-34-23-8-6-19(26)15-31-23/h3,5-8,11-12,14-15,18,22,28H,2,4,9-10,13,16H2,1H3/t18-,22?/m1/s1. The highest BCUT2D eigenvalue weighted by Crippen LogP contribution is 2.31. The number of carbonyl (C=O) groups is 1. The summed E-state index contributed by atoms with van der Waals surface area (Å²) in [6.45, 7) is 3.02. The smallest absolute Gasteiger partial charge is 0.254 e.